The molecule has 0 aromatic carbocycles. The number of nitrogens with one attached hydrogen (secondary N) is 2. The van der Waals surface area contributed by atoms with Crippen LogP contribution < -0.4 is 10.6 Å². The molecule has 29 heavy (non-hydrogen) atoms. The monoisotopic (exact) mass is 422 g/mol. The first-order chi connectivity index (χ1) is 13.9. The van der Waals surface area contributed by atoms with Crippen molar-refractivity contribution < 1.29 is 14.2 Å². The van der Waals surface area contributed by atoms with Gasteiger partial charge in [0.2, 0.25) is 5.28 Å². The van der Waals surface area contributed by atoms with Gasteiger partial charge in [0.1, 0.15) is 24.1 Å². The van der Waals surface area contributed by atoms with Gasteiger partial charge in [-0.3, -0.25) is 0 Å². The highest BCUT2D eigenvalue weighted by Gasteiger charge is 2.56. The first-order valence-electron chi connectivity index (χ1n) is 10.3. The predicted molar refractivity (Wildman–Crippen MR) is 108 cm³/mol. The SMILES string of the molecule is CNC[C@H]1O[C@@H](n2ncc3c(NC4CCCC4)nc(Cl)nc32)[C@@H]2OC(C)(C)O[C@@H]21. The molecule has 2 aromatic rings. The van der Waals surface area contributed by atoms with Crippen molar-refractivity contribution >= 4 is 28.5 Å². The number of anilines is 1. The number of likely N-dealkylation sites (N-methyl/N-ethyl adjacent to an activating group) is 1. The third kappa shape index (κ3) is 3.48. The fourth-order valence-electron chi connectivity index (χ4n) is 4.68. The van der Waals surface area contributed by atoms with Gasteiger partial charge < -0.3 is 24.8 Å². The lowest BCUT2D eigenvalue weighted by molar-refractivity contribution is -0.196. The lowest BCUT2D eigenvalue weighted by Crippen LogP contribution is -2.36. The van der Waals surface area contributed by atoms with Crippen LogP contribution in [0.5, 0.6) is 0 Å². The van der Waals surface area contributed by atoms with E-state index in [9.17, 15) is 0 Å². The molecule has 1 aliphatic carbocycles. The Morgan fingerprint density at radius 2 is 1.97 bits per heavy atom. The standard InChI is InChI=1S/C19H27ClN6O3/c1-19(2)28-13-12(9-21-3)27-17(14(13)29-19)26-16-11(8-22-26)15(24-18(20)25-16)23-10-6-4-5-7-10/h8,10,12-14,17,21H,4-7,9H2,1-3H3,(H,23,24,25)/t12-,13-,14-,17-/m1/s1. The third-order valence-electron chi connectivity index (χ3n) is 5.89. The normalized spacial score (nSPS) is 31.6. The molecular formula is C19H27ClN6O3. The second kappa shape index (κ2) is 7.31. The van der Waals surface area contributed by atoms with Crippen LogP contribution in [0, 0.1) is 0 Å². The predicted octanol–water partition coefficient (Wildman–Crippen LogP) is 2.47. The Morgan fingerprint density at radius 1 is 1.21 bits per heavy atom. The van der Waals surface area contributed by atoms with E-state index in [1.807, 2.05) is 20.9 Å². The maximum absolute atomic E-state index is 6.29. The molecule has 2 aliphatic heterocycles. The molecule has 10 heteroatoms. The maximum Gasteiger partial charge on any atom is 0.226 e. The molecule has 158 valence electrons. The Morgan fingerprint density at radius 3 is 2.72 bits per heavy atom. The first kappa shape index (κ1) is 19.4. The van der Waals surface area contributed by atoms with E-state index in [1.165, 1.54) is 12.8 Å². The topological polar surface area (TPSA) is 95.4 Å². The zero-order valence-electron chi connectivity index (χ0n) is 16.9. The van der Waals surface area contributed by atoms with Gasteiger partial charge in [0.25, 0.3) is 0 Å². The average Bonchev–Trinajstić information content (AvgIpc) is 3.41. The van der Waals surface area contributed by atoms with Crippen LogP contribution in [0.4, 0.5) is 5.82 Å². The number of aromatic nitrogens is 4. The third-order valence-corrected chi connectivity index (χ3v) is 6.06. The van der Waals surface area contributed by atoms with E-state index in [2.05, 4.69) is 25.7 Å². The Bertz CT molecular complexity index is 899. The highest BCUT2D eigenvalue weighted by molar-refractivity contribution is 6.28. The molecule has 0 unspecified atom stereocenters. The van der Waals surface area contributed by atoms with Crippen molar-refractivity contribution in [1.82, 2.24) is 25.1 Å². The first-order valence-corrected chi connectivity index (χ1v) is 10.7. The maximum atomic E-state index is 6.29. The largest absolute Gasteiger partial charge is 0.367 e. The molecule has 0 spiro atoms. The van der Waals surface area contributed by atoms with Gasteiger partial charge in [-0.15, -0.1) is 0 Å². The van der Waals surface area contributed by atoms with E-state index in [0.717, 1.165) is 24.0 Å². The summed E-state index contributed by atoms with van der Waals surface area (Å²) in [6.07, 6.45) is 5.44. The van der Waals surface area contributed by atoms with Crippen molar-refractivity contribution in [3.63, 3.8) is 0 Å². The Labute approximate surface area is 174 Å². The van der Waals surface area contributed by atoms with Crippen molar-refractivity contribution in [3.8, 4) is 0 Å². The van der Waals surface area contributed by atoms with Crippen molar-refractivity contribution in [2.75, 3.05) is 18.9 Å². The molecule has 9 nitrogen and oxygen atoms in total. The molecule has 2 aromatic heterocycles. The van der Waals surface area contributed by atoms with Gasteiger partial charge >= 0.3 is 0 Å². The van der Waals surface area contributed by atoms with Crippen molar-refractivity contribution in [2.45, 2.75) is 75.9 Å². The van der Waals surface area contributed by atoms with E-state index in [1.54, 1.807) is 10.9 Å². The van der Waals surface area contributed by atoms with Gasteiger partial charge in [0.15, 0.2) is 17.7 Å². The molecule has 4 atom stereocenters. The number of fused-ring (bicyclic) bond motifs is 2. The van der Waals surface area contributed by atoms with Crippen LogP contribution in [0.15, 0.2) is 6.20 Å². The van der Waals surface area contributed by atoms with Crippen LogP contribution >= 0.6 is 11.6 Å². The Hall–Kier alpha value is -1.52. The van der Waals surface area contributed by atoms with Gasteiger partial charge in [-0.25, -0.2) is 4.68 Å². The van der Waals surface area contributed by atoms with Crippen LogP contribution in [0.3, 0.4) is 0 Å². The summed E-state index contributed by atoms with van der Waals surface area (Å²) < 4.78 is 20.3. The molecule has 1 saturated carbocycles. The van der Waals surface area contributed by atoms with Gasteiger partial charge in [-0.05, 0) is 45.3 Å². The van der Waals surface area contributed by atoms with Crippen molar-refractivity contribution in [1.29, 1.82) is 0 Å². The molecule has 3 aliphatic rings. The molecule has 0 amide bonds. The van der Waals surface area contributed by atoms with Crippen molar-refractivity contribution in [3.05, 3.63) is 11.5 Å². The number of hydrogen-bond acceptors (Lipinski definition) is 8. The summed E-state index contributed by atoms with van der Waals surface area (Å²) in [6.45, 7) is 4.49. The quantitative estimate of drug-likeness (QED) is 0.709. The van der Waals surface area contributed by atoms with Crippen LogP contribution in [0.1, 0.15) is 45.8 Å². The van der Waals surface area contributed by atoms with Crippen LogP contribution in [0.2, 0.25) is 5.28 Å². The number of hydrogen-bond donors (Lipinski definition) is 2. The van der Waals surface area contributed by atoms with Gasteiger partial charge in [0, 0.05) is 12.6 Å². The van der Waals surface area contributed by atoms with Gasteiger partial charge in [0.05, 0.1) is 11.6 Å². The summed E-state index contributed by atoms with van der Waals surface area (Å²) in [7, 11) is 1.89. The summed E-state index contributed by atoms with van der Waals surface area (Å²) in [5.74, 6) is 0.0529. The number of nitrogens with zero attached hydrogens (tertiary/aromatic N) is 4. The summed E-state index contributed by atoms with van der Waals surface area (Å²) >= 11 is 6.27. The number of halogens is 1. The molecule has 0 bridgehead atoms. The Kier molecular flexibility index (Phi) is 4.90. The van der Waals surface area contributed by atoms with Gasteiger partial charge in [-0.1, -0.05) is 12.8 Å². The highest BCUT2D eigenvalue weighted by atomic mass is 35.5. The summed E-state index contributed by atoms with van der Waals surface area (Å²) in [5, 5.41) is 12.3. The molecular weight excluding hydrogens is 396 g/mol. The summed E-state index contributed by atoms with van der Waals surface area (Å²) in [6, 6.07) is 0.409. The summed E-state index contributed by atoms with van der Waals surface area (Å²) in [4.78, 5) is 8.88. The smallest absolute Gasteiger partial charge is 0.226 e. The molecule has 3 fully saturated rings. The lowest BCUT2D eigenvalue weighted by Gasteiger charge is -2.24. The van der Waals surface area contributed by atoms with Gasteiger partial charge in [-0.2, -0.15) is 15.1 Å². The fraction of sp³-hybridized carbons (Fsp3) is 0.737. The fourth-order valence-corrected chi connectivity index (χ4v) is 4.84. The zero-order chi connectivity index (χ0) is 20.2. The molecule has 2 N–H and O–H groups in total. The van der Waals surface area contributed by atoms with Crippen molar-refractivity contribution in [2.24, 2.45) is 0 Å². The molecule has 4 heterocycles. The molecule has 0 radical (unpaired) electrons. The average molecular weight is 423 g/mol. The zero-order valence-corrected chi connectivity index (χ0v) is 17.6. The minimum Gasteiger partial charge on any atom is -0.367 e. The molecule has 5 rings (SSSR count). The van der Waals surface area contributed by atoms with E-state index in [0.29, 0.717) is 18.2 Å². The summed E-state index contributed by atoms with van der Waals surface area (Å²) in [5.41, 5.74) is 0.632. The number of rotatable bonds is 5. The van der Waals surface area contributed by atoms with Crippen LogP contribution in [-0.2, 0) is 14.2 Å². The van der Waals surface area contributed by atoms with Crippen LogP contribution in [-0.4, -0.2) is 63.5 Å². The minimum absolute atomic E-state index is 0.149. The van der Waals surface area contributed by atoms with E-state index >= 15 is 0 Å². The van der Waals surface area contributed by atoms with E-state index in [4.69, 9.17) is 25.8 Å². The van der Waals surface area contributed by atoms with Crippen LogP contribution in [0.25, 0.3) is 11.0 Å². The Balaban J connectivity index is 1.50. The lowest BCUT2D eigenvalue weighted by atomic mass is 10.1. The van der Waals surface area contributed by atoms with E-state index < -0.39 is 12.0 Å². The second-order valence-electron chi connectivity index (χ2n) is 8.48. The molecule has 2 saturated heterocycles. The second-order valence-corrected chi connectivity index (χ2v) is 8.82. The van der Waals surface area contributed by atoms with E-state index in [-0.39, 0.29) is 23.6 Å². The highest BCUT2D eigenvalue weighted by Crippen LogP contribution is 2.43. The number of ether oxygens (including phenoxy) is 3. The minimum atomic E-state index is -0.672.